The van der Waals surface area contributed by atoms with E-state index in [2.05, 4.69) is 10.6 Å². The van der Waals surface area contributed by atoms with Crippen LogP contribution in [0.4, 0.5) is 5.69 Å². The summed E-state index contributed by atoms with van der Waals surface area (Å²) in [6.45, 7) is 3.37. The van der Waals surface area contributed by atoms with Crippen molar-refractivity contribution in [3.8, 4) is 0 Å². The molecular weight excluding hydrogens is 334 g/mol. The van der Waals surface area contributed by atoms with Crippen molar-refractivity contribution in [1.29, 1.82) is 0 Å². The summed E-state index contributed by atoms with van der Waals surface area (Å²) in [5, 5.41) is 5.58. The zero-order valence-electron chi connectivity index (χ0n) is 15.6. The molecule has 7 nitrogen and oxygen atoms in total. The lowest BCUT2D eigenvalue weighted by Gasteiger charge is -2.17. The Kier molecular flexibility index (Phi) is 6.74. The minimum Gasteiger partial charge on any atom is -0.462 e. The van der Waals surface area contributed by atoms with Gasteiger partial charge in [-0.15, -0.1) is 0 Å². The van der Waals surface area contributed by atoms with E-state index in [4.69, 9.17) is 4.74 Å². The van der Waals surface area contributed by atoms with E-state index in [1.54, 1.807) is 31.2 Å². The molecule has 1 fully saturated rings. The smallest absolute Gasteiger partial charge is 0.340 e. The number of amides is 2. The zero-order valence-corrected chi connectivity index (χ0v) is 15.6. The molecule has 0 heterocycles. The van der Waals surface area contributed by atoms with E-state index in [9.17, 15) is 14.4 Å². The largest absolute Gasteiger partial charge is 0.462 e. The Bertz CT molecular complexity index is 669. The minimum atomic E-state index is -1.03. The number of nitrogens with one attached hydrogen (secondary N) is 2. The summed E-state index contributed by atoms with van der Waals surface area (Å²) in [7, 11) is 3.94. The van der Waals surface area contributed by atoms with Crippen molar-refractivity contribution in [3.05, 3.63) is 29.8 Å². The number of esters is 1. The number of para-hydroxylation sites is 1. The summed E-state index contributed by atoms with van der Waals surface area (Å²) in [5.41, 5.74) is -0.382. The topological polar surface area (TPSA) is 87.7 Å². The van der Waals surface area contributed by atoms with Crippen LogP contribution in [0.1, 0.15) is 36.5 Å². The molecule has 0 unspecified atom stereocenters. The first kappa shape index (κ1) is 19.9. The van der Waals surface area contributed by atoms with Gasteiger partial charge in [-0.2, -0.15) is 0 Å². The average molecular weight is 361 g/mol. The van der Waals surface area contributed by atoms with Gasteiger partial charge in [0.05, 0.1) is 17.9 Å². The molecule has 0 aromatic heterocycles. The van der Waals surface area contributed by atoms with Crippen molar-refractivity contribution in [2.45, 2.75) is 26.2 Å². The maximum Gasteiger partial charge on any atom is 0.340 e. The Morgan fingerprint density at radius 2 is 1.85 bits per heavy atom. The third-order valence-electron chi connectivity index (χ3n) is 4.36. The Morgan fingerprint density at radius 1 is 1.15 bits per heavy atom. The molecule has 26 heavy (non-hydrogen) atoms. The Hall–Kier alpha value is -2.41. The molecule has 1 aliphatic carbocycles. The predicted octanol–water partition coefficient (Wildman–Crippen LogP) is 1.65. The van der Waals surface area contributed by atoms with Crippen LogP contribution in [0.25, 0.3) is 0 Å². The van der Waals surface area contributed by atoms with E-state index < -0.39 is 11.4 Å². The Balaban J connectivity index is 1.99. The summed E-state index contributed by atoms with van der Waals surface area (Å²) in [5.74, 6) is -1.12. The van der Waals surface area contributed by atoms with Crippen LogP contribution < -0.4 is 10.6 Å². The van der Waals surface area contributed by atoms with Crippen LogP contribution in [0.3, 0.4) is 0 Å². The summed E-state index contributed by atoms with van der Waals surface area (Å²) in [4.78, 5) is 39.2. The van der Waals surface area contributed by atoms with Crippen LogP contribution in [0.2, 0.25) is 0 Å². The van der Waals surface area contributed by atoms with Crippen LogP contribution >= 0.6 is 0 Å². The maximum absolute atomic E-state index is 12.7. The molecule has 1 aromatic rings. The van der Waals surface area contributed by atoms with Gasteiger partial charge < -0.3 is 20.3 Å². The number of hydrogen-bond acceptors (Lipinski definition) is 5. The van der Waals surface area contributed by atoms with E-state index in [-0.39, 0.29) is 24.0 Å². The first-order chi connectivity index (χ1) is 12.4. The lowest BCUT2D eigenvalue weighted by Crippen LogP contribution is -2.41. The van der Waals surface area contributed by atoms with Crippen molar-refractivity contribution < 1.29 is 19.1 Å². The molecule has 0 bridgehead atoms. The van der Waals surface area contributed by atoms with Gasteiger partial charge in [0.1, 0.15) is 5.41 Å². The zero-order chi connectivity index (χ0) is 19.2. The van der Waals surface area contributed by atoms with E-state index in [0.29, 0.717) is 25.1 Å². The first-order valence-electron chi connectivity index (χ1n) is 8.91. The molecule has 0 spiro atoms. The van der Waals surface area contributed by atoms with Crippen LogP contribution in [0.5, 0.6) is 0 Å². The molecule has 2 N–H and O–H groups in total. The predicted molar refractivity (Wildman–Crippen MR) is 98.9 cm³/mol. The number of anilines is 1. The highest BCUT2D eigenvalue weighted by Gasteiger charge is 2.56. The average Bonchev–Trinajstić information content (AvgIpc) is 3.41. The van der Waals surface area contributed by atoms with Gasteiger partial charge in [0.25, 0.3) is 0 Å². The van der Waals surface area contributed by atoms with Gasteiger partial charge in [0, 0.05) is 6.54 Å². The van der Waals surface area contributed by atoms with Gasteiger partial charge >= 0.3 is 5.97 Å². The molecule has 0 radical (unpaired) electrons. The monoisotopic (exact) mass is 361 g/mol. The number of nitrogens with zero attached hydrogens (tertiary/aromatic N) is 1. The highest BCUT2D eigenvalue weighted by atomic mass is 16.5. The molecular formula is C19H27N3O4. The summed E-state index contributed by atoms with van der Waals surface area (Å²) in [6, 6.07) is 6.65. The van der Waals surface area contributed by atoms with Crippen LogP contribution in [-0.2, 0) is 14.3 Å². The second kappa shape index (κ2) is 8.80. The summed E-state index contributed by atoms with van der Waals surface area (Å²) in [6.07, 6.45) is 1.85. The van der Waals surface area contributed by atoms with Crippen LogP contribution in [0.15, 0.2) is 24.3 Å². The standard InChI is InChI=1S/C19H27N3O4/c1-4-26-16(23)14-8-5-6-9-15(14)21-18(25)19(10-11-19)17(24)20-12-7-13-22(2)3/h5-6,8-9H,4,7,10-13H2,1-3H3,(H,20,24)(H,21,25). The van der Waals surface area contributed by atoms with E-state index in [1.165, 1.54) is 0 Å². The Labute approximate surface area is 154 Å². The lowest BCUT2D eigenvalue weighted by molar-refractivity contribution is -0.134. The number of carbonyl (C=O) groups excluding carboxylic acids is 3. The van der Waals surface area contributed by atoms with Crippen LogP contribution in [-0.4, -0.2) is 56.5 Å². The normalized spacial score (nSPS) is 14.6. The van der Waals surface area contributed by atoms with E-state index >= 15 is 0 Å². The SMILES string of the molecule is CCOC(=O)c1ccccc1NC(=O)C1(C(=O)NCCCN(C)C)CC1. The third-order valence-corrected chi connectivity index (χ3v) is 4.36. The van der Waals surface area contributed by atoms with Crippen LogP contribution in [0, 0.1) is 5.41 Å². The first-order valence-corrected chi connectivity index (χ1v) is 8.91. The molecule has 142 valence electrons. The molecule has 0 saturated heterocycles. The molecule has 0 atom stereocenters. The molecule has 1 aromatic carbocycles. The summed E-state index contributed by atoms with van der Waals surface area (Å²) >= 11 is 0. The molecule has 1 saturated carbocycles. The molecule has 2 amide bonds. The number of rotatable bonds is 9. The van der Waals surface area contributed by atoms with Gasteiger partial charge in [-0.05, 0) is 59.0 Å². The van der Waals surface area contributed by atoms with E-state index in [1.807, 2.05) is 19.0 Å². The van der Waals surface area contributed by atoms with Crippen molar-refractivity contribution in [2.75, 3.05) is 39.1 Å². The lowest BCUT2D eigenvalue weighted by atomic mass is 10.0. The molecule has 1 aliphatic rings. The Morgan fingerprint density at radius 3 is 2.46 bits per heavy atom. The van der Waals surface area contributed by atoms with Gasteiger partial charge in [-0.1, -0.05) is 12.1 Å². The number of hydrogen-bond donors (Lipinski definition) is 2. The van der Waals surface area contributed by atoms with E-state index in [0.717, 1.165) is 13.0 Å². The van der Waals surface area contributed by atoms with Gasteiger partial charge in [0.2, 0.25) is 11.8 Å². The van der Waals surface area contributed by atoms with Crippen molar-refractivity contribution >= 4 is 23.5 Å². The fourth-order valence-electron chi connectivity index (χ4n) is 2.67. The minimum absolute atomic E-state index is 0.248. The van der Waals surface area contributed by atoms with Gasteiger partial charge in [0.15, 0.2) is 0 Å². The molecule has 7 heteroatoms. The number of ether oxygens (including phenoxy) is 1. The fourth-order valence-corrected chi connectivity index (χ4v) is 2.67. The van der Waals surface area contributed by atoms with Gasteiger partial charge in [-0.25, -0.2) is 4.79 Å². The second-order valence-electron chi connectivity index (χ2n) is 6.72. The van der Waals surface area contributed by atoms with Crippen molar-refractivity contribution in [3.63, 3.8) is 0 Å². The fraction of sp³-hybridized carbons (Fsp3) is 0.526. The third kappa shape index (κ3) is 4.82. The highest BCUT2D eigenvalue weighted by Crippen LogP contribution is 2.47. The highest BCUT2D eigenvalue weighted by molar-refractivity contribution is 6.14. The van der Waals surface area contributed by atoms with Crippen molar-refractivity contribution in [1.82, 2.24) is 10.2 Å². The molecule has 2 rings (SSSR count). The quantitative estimate of drug-likeness (QED) is 0.397. The van der Waals surface area contributed by atoms with Gasteiger partial charge in [-0.3, -0.25) is 9.59 Å². The second-order valence-corrected chi connectivity index (χ2v) is 6.72. The number of carbonyl (C=O) groups is 3. The summed E-state index contributed by atoms with van der Waals surface area (Å²) < 4.78 is 5.01. The van der Waals surface area contributed by atoms with Crippen molar-refractivity contribution in [2.24, 2.45) is 5.41 Å². The maximum atomic E-state index is 12.7. The molecule has 0 aliphatic heterocycles. The number of benzene rings is 1.